The lowest BCUT2D eigenvalue weighted by Gasteiger charge is -2.08. The third-order valence-electron chi connectivity index (χ3n) is 5.23. The van der Waals surface area contributed by atoms with Crippen LogP contribution < -0.4 is 21.3 Å². The molecule has 0 aromatic heterocycles. The fourth-order valence-corrected chi connectivity index (χ4v) is 3.42. The van der Waals surface area contributed by atoms with Gasteiger partial charge in [0, 0.05) is 36.5 Å². The average Bonchev–Trinajstić information content (AvgIpc) is 3.69. The van der Waals surface area contributed by atoms with E-state index in [0.29, 0.717) is 11.1 Å². The molecule has 0 aliphatic carbocycles. The summed E-state index contributed by atoms with van der Waals surface area (Å²) < 4.78 is 0. The Morgan fingerprint density at radius 1 is 0.415 bits per heavy atom. The van der Waals surface area contributed by atoms with Crippen LogP contribution in [0.15, 0.2) is 91.1 Å². The molecule has 2 aromatic carbocycles. The van der Waals surface area contributed by atoms with Crippen molar-refractivity contribution in [3.8, 4) is 0 Å². The van der Waals surface area contributed by atoms with Crippen molar-refractivity contribution >= 4 is 58.4 Å². The summed E-state index contributed by atoms with van der Waals surface area (Å²) in [6.07, 6.45) is 7.14. The standard InChI is InChI=1S/C14H8N2O4.C7H8.2C4H3NO2/c17-11-5-9(13(19)15-11)7-3-1-2-4-8(7)10-6-12(18)16-14(10)20;1-7-5-3-2-4-6-7;2*6-3-1-2-4(7)5-3/h1-6H,(H,15,17,19)(H,16,18,20);2-6H,1H3;2*1-2H,(H,5,6,7). The van der Waals surface area contributed by atoms with Crippen LogP contribution in [0.4, 0.5) is 0 Å². The van der Waals surface area contributed by atoms with Crippen LogP contribution in [0, 0.1) is 6.92 Å². The number of amides is 8. The zero-order valence-corrected chi connectivity index (χ0v) is 21.4. The number of carbonyl (C=O) groups is 8. The molecule has 0 saturated carbocycles. The van der Waals surface area contributed by atoms with E-state index in [9.17, 15) is 38.4 Å². The predicted octanol–water partition coefficient (Wildman–Crippen LogP) is 0.159. The number of rotatable bonds is 2. The minimum Gasteiger partial charge on any atom is -0.289 e. The third-order valence-corrected chi connectivity index (χ3v) is 5.23. The molecule has 8 amide bonds. The van der Waals surface area contributed by atoms with Crippen molar-refractivity contribution in [2.45, 2.75) is 6.92 Å². The molecule has 0 fully saturated rings. The lowest BCUT2D eigenvalue weighted by atomic mass is 9.94. The molecule has 0 atom stereocenters. The summed E-state index contributed by atoms with van der Waals surface area (Å²) in [5.74, 6) is -3.35. The number of hydrogen-bond donors (Lipinski definition) is 4. The maximum Gasteiger partial charge on any atom is 0.258 e. The van der Waals surface area contributed by atoms with E-state index in [4.69, 9.17) is 0 Å². The summed E-state index contributed by atoms with van der Waals surface area (Å²) in [4.78, 5) is 86.0. The molecule has 0 unspecified atom stereocenters. The molecule has 6 rings (SSSR count). The average molecular weight is 555 g/mol. The molecule has 4 aliphatic heterocycles. The smallest absolute Gasteiger partial charge is 0.258 e. The van der Waals surface area contributed by atoms with Crippen molar-refractivity contribution in [3.63, 3.8) is 0 Å². The Hall–Kier alpha value is -6.04. The quantitative estimate of drug-likeness (QED) is 0.378. The molecule has 4 aliphatic rings. The minimum atomic E-state index is -0.521. The normalized spacial score (nSPS) is 16.2. The molecule has 12 heteroatoms. The monoisotopic (exact) mass is 554 g/mol. The number of hydrogen-bond acceptors (Lipinski definition) is 8. The fraction of sp³-hybridized carbons (Fsp3) is 0.0345. The van der Waals surface area contributed by atoms with Gasteiger partial charge in [-0.1, -0.05) is 60.2 Å². The van der Waals surface area contributed by atoms with Crippen LogP contribution >= 0.6 is 0 Å². The molecule has 206 valence electrons. The van der Waals surface area contributed by atoms with E-state index >= 15 is 0 Å². The topological polar surface area (TPSA) is 185 Å². The van der Waals surface area contributed by atoms with Gasteiger partial charge in [-0.05, 0) is 18.1 Å². The molecule has 0 bridgehead atoms. The van der Waals surface area contributed by atoms with Gasteiger partial charge in [0.1, 0.15) is 0 Å². The third kappa shape index (κ3) is 8.75. The Morgan fingerprint density at radius 2 is 0.756 bits per heavy atom. The van der Waals surface area contributed by atoms with Gasteiger partial charge in [0.05, 0.1) is 11.1 Å². The molecule has 2 aromatic rings. The first-order valence-electron chi connectivity index (χ1n) is 11.8. The van der Waals surface area contributed by atoms with Gasteiger partial charge in [0.15, 0.2) is 0 Å². The fourth-order valence-electron chi connectivity index (χ4n) is 3.42. The van der Waals surface area contributed by atoms with Gasteiger partial charge in [0.25, 0.3) is 47.3 Å². The van der Waals surface area contributed by atoms with Crippen LogP contribution in [-0.2, 0) is 38.4 Å². The summed E-state index contributed by atoms with van der Waals surface area (Å²) in [7, 11) is 0. The highest BCUT2D eigenvalue weighted by molar-refractivity contribution is 6.37. The molecule has 41 heavy (non-hydrogen) atoms. The van der Waals surface area contributed by atoms with E-state index in [1.54, 1.807) is 24.3 Å². The first-order valence-corrected chi connectivity index (χ1v) is 11.8. The van der Waals surface area contributed by atoms with Gasteiger partial charge in [0.2, 0.25) is 0 Å². The zero-order chi connectivity index (χ0) is 29.9. The van der Waals surface area contributed by atoms with Gasteiger partial charge in [-0.2, -0.15) is 0 Å². The highest BCUT2D eigenvalue weighted by atomic mass is 16.2. The lowest BCUT2D eigenvalue weighted by molar-refractivity contribution is -0.125. The zero-order valence-electron chi connectivity index (χ0n) is 21.4. The van der Waals surface area contributed by atoms with Crippen molar-refractivity contribution < 1.29 is 38.4 Å². The second-order valence-corrected chi connectivity index (χ2v) is 8.33. The van der Waals surface area contributed by atoms with E-state index in [-0.39, 0.29) is 34.8 Å². The molecule has 12 nitrogen and oxygen atoms in total. The molecule has 4 heterocycles. The second-order valence-electron chi connectivity index (χ2n) is 8.33. The van der Waals surface area contributed by atoms with Gasteiger partial charge in [-0.15, -0.1) is 0 Å². The molecule has 0 spiro atoms. The highest BCUT2D eigenvalue weighted by Crippen LogP contribution is 2.28. The predicted molar refractivity (Wildman–Crippen MR) is 144 cm³/mol. The van der Waals surface area contributed by atoms with E-state index in [1.165, 1.54) is 42.0 Å². The van der Waals surface area contributed by atoms with Crippen molar-refractivity contribution in [1.29, 1.82) is 0 Å². The number of nitrogens with one attached hydrogen (secondary N) is 4. The Balaban J connectivity index is 0.000000179. The van der Waals surface area contributed by atoms with Gasteiger partial charge < -0.3 is 0 Å². The first-order chi connectivity index (χ1) is 19.5. The molecule has 0 radical (unpaired) electrons. The Kier molecular flexibility index (Phi) is 9.84. The SMILES string of the molecule is Cc1ccccc1.O=C1C=C(c2ccccc2C2=CC(=O)NC2=O)C(=O)N1.O=C1C=CC(=O)N1.O=C1C=CC(=O)N1. The van der Waals surface area contributed by atoms with Crippen LogP contribution in [0.25, 0.3) is 11.1 Å². The number of aryl methyl sites for hydroxylation is 1. The van der Waals surface area contributed by atoms with Crippen LogP contribution in [0.2, 0.25) is 0 Å². The highest BCUT2D eigenvalue weighted by Gasteiger charge is 2.29. The van der Waals surface area contributed by atoms with Crippen LogP contribution in [-0.4, -0.2) is 47.3 Å². The summed E-state index contributed by atoms with van der Waals surface area (Å²) in [5.41, 5.74) is 2.55. The van der Waals surface area contributed by atoms with E-state index in [1.807, 2.05) is 28.8 Å². The summed E-state index contributed by atoms with van der Waals surface area (Å²) in [6.45, 7) is 2.08. The molecule has 4 N–H and O–H groups in total. The van der Waals surface area contributed by atoms with E-state index in [0.717, 1.165) is 0 Å². The summed E-state index contributed by atoms with van der Waals surface area (Å²) in [5, 5.41) is 8.35. The van der Waals surface area contributed by atoms with Crippen LogP contribution in [0.1, 0.15) is 16.7 Å². The van der Waals surface area contributed by atoms with Crippen LogP contribution in [0.5, 0.6) is 0 Å². The molecular formula is C29H22N4O8. The largest absolute Gasteiger partial charge is 0.289 e. The summed E-state index contributed by atoms with van der Waals surface area (Å²) >= 11 is 0. The summed E-state index contributed by atoms with van der Waals surface area (Å²) in [6, 6.07) is 16.9. The van der Waals surface area contributed by atoms with E-state index < -0.39 is 23.6 Å². The van der Waals surface area contributed by atoms with Crippen molar-refractivity contribution in [1.82, 2.24) is 21.3 Å². The van der Waals surface area contributed by atoms with Gasteiger partial charge in [-0.25, -0.2) is 0 Å². The Labute approximate surface area is 232 Å². The van der Waals surface area contributed by atoms with Crippen LogP contribution in [0.3, 0.4) is 0 Å². The van der Waals surface area contributed by atoms with Crippen molar-refractivity contribution in [3.05, 3.63) is 108 Å². The Bertz CT molecular complexity index is 1450. The lowest BCUT2D eigenvalue weighted by Crippen LogP contribution is -2.23. The second kappa shape index (κ2) is 13.7. The maximum atomic E-state index is 11.7. The van der Waals surface area contributed by atoms with E-state index in [2.05, 4.69) is 29.7 Å². The number of carbonyl (C=O) groups excluding carboxylic acids is 8. The molecule has 0 saturated heterocycles. The number of benzene rings is 2. The van der Waals surface area contributed by atoms with Gasteiger partial charge in [-0.3, -0.25) is 59.6 Å². The Morgan fingerprint density at radius 3 is 0.976 bits per heavy atom. The maximum absolute atomic E-state index is 11.7. The first kappa shape index (κ1) is 29.5. The van der Waals surface area contributed by atoms with Crippen molar-refractivity contribution in [2.75, 3.05) is 0 Å². The van der Waals surface area contributed by atoms with Crippen molar-refractivity contribution in [2.24, 2.45) is 0 Å². The minimum absolute atomic E-state index is 0.179. The van der Waals surface area contributed by atoms with Gasteiger partial charge >= 0.3 is 0 Å². The number of imide groups is 4. The molecular weight excluding hydrogens is 532 g/mol.